The van der Waals surface area contributed by atoms with E-state index in [1.807, 2.05) is 49.4 Å². The van der Waals surface area contributed by atoms with Crippen LogP contribution in [0.2, 0.25) is 0 Å². The van der Waals surface area contributed by atoms with Gasteiger partial charge in [0, 0.05) is 9.35 Å². The van der Waals surface area contributed by atoms with Gasteiger partial charge < -0.3 is 15.4 Å². The Kier molecular flexibility index (Phi) is 6.96. The number of hydrogen-bond acceptors (Lipinski definition) is 4. The Morgan fingerprint density at radius 1 is 1.09 bits per heavy atom. The number of anilines is 2. The van der Waals surface area contributed by atoms with Gasteiger partial charge in [-0.25, -0.2) is 0 Å². The van der Waals surface area contributed by atoms with Crippen molar-refractivity contribution in [3.05, 3.63) is 74.6 Å². The zero-order chi connectivity index (χ0) is 22.7. The number of halogens is 1. The first-order valence-corrected chi connectivity index (χ1v) is 12.3. The van der Waals surface area contributed by atoms with Gasteiger partial charge in [0.25, 0.3) is 11.8 Å². The molecule has 0 unspecified atom stereocenters. The summed E-state index contributed by atoms with van der Waals surface area (Å²) in [5.41, 5.74) is 2.75. The first-order valence-electron chi connectivity index (χ1n) is 10.7. The molecule has 0 saturated heterocycles. The predicted octanol–water partition coefficient (Wildman–Crippen LogP) is 6.54. The SMILES string of the molecule is CCOc1ccccc1NC(=O)c1c(NC(=O)c2ccccc2Br)sc2c1CC[C@H](C)C2. The minimum atomic E-state index is -0.243. The van der Waals surface area contributed by atoms with Crippen LogP contribution in [0.4, 0.5) is 10.7 Å². The van der Waals surface area contributed by atoms with E-state index in [4.69, 9.17) is 4.74 Å². The van der Waals surface area contributed by atoms with E-state index in [2.05, 4.69) is 33.5 Å². The first kappa shape index (κ1) is 22.6. The molecule has 0 radical (unpaired) electrons. The lowest BCUT2D eigenvalue weighted by molar-refractivity contribution is 0.102. The highest BCUT2D eigenvalue weighted by Crippen LogP contribution is 2.40. The molecule has 0 aliphatic heterocycles. The van der Waals surface area contributed by atoms with E-state index < -0.39 is 0 Å². The van der Waals surface area contributed by atoms with E-state index in [0.29, 0.717) is 44.6 Å². The van der Waals surface area contributed by atoms with Crippen molar-refractivity contribution >= 4 is 49.8 Å². The molecular formula is C25H25BrN2O3S. The molecule has 2 amide bonds. The van der Waals surface area contributed by atoms with Crippen LogP contribution in [0, 0.1) is 5.92 Å². The van der Waals surface area contributed by atoms with Crippen molar-refractivity contribution in [2.24, 2.45) is 5.92 Å². The molecule has 0 saturated carbocycles. The van der Waals surface area contributed by atoms with Crippen LogP contribution in [-0.4, -0.2) is 18.4 Å². The Balaban J connectivity index is 1.68. The molecule has 1 aromatic heterocycles. The average molecular weight is 513 g/mol. The van der Waals surface area contributed by atoms with E-state index in [1.54, 1.807) is 6.07 Å². The monoisotopic (exact) mass is 512 g/mol. The van der Waals surface area contributed by atoms with Gasteiger partial charge in [-0.2, -0.15) is 0 Å². The molecule has 2 N–H and O–H groups in total. The fourth-order valence-electron chi connectivity index (χ4n) is 3.93. The molecular weight excluding hydrogens is 488 g/mol. The third-order valence-electron chi connectivity index (χ3n) is 5.52. The van der Waals surface area contributed by atoms with E-state index in [9.17, 15) is 9.59 Å². The van der Waals surface area contributed by atoms with Gasteiger partial charge in [0.1, 0.15) is 10.8 Å². The van der Waals surface area contributed by atoms with Crippen LogP contribution in [-0.2, 0) is 12.8 Å². The second-order valence-corrected chi connectivity index (χ2v) is 9.83. The molecule has 0 fully saturated rings. The minimum absolute atomic E-state index is 0.230. The van der Waals surface area contributed by atoms with E-state index in [1.165, 1.54) is 16.2 Å². The molecule has 166 valence electrons. The van der Waals surface area contributed by atoms with E-state index >= 15 is 0 Å². The second kappa shape index (κ2) is 9.88. The predicted molar refractivity (Wildman–Crippen MR) is 133 cm³/mol. The van der Waals surface area contributed by atoms with Gasteiger partial charge in [-0.15, -0.1) is 11.3 Å². The van der Waals surface area contributed by atoms with Crippen LogP contribution in [0.5, 0.6) is 5.75 Å². The Labute approximate surface area is 200 Å². The maximum atomic E-state index is 13.5. The van der Waals surface area contributed by atoms with Crippen LogP contribution >= 0.6 is 27.3 Å². The summed E-state index contributed by atoms with van der Waals surface area (Å²) in [6, 6.07) is 14.7. The van der Waals surface area contributed by atoms with Crippen molar-refractivity contribution in [2.75, 3.05) is 17.2 Å². The van der Waals surface area contributed by atoms with Gasteiger partial charge in [-0.05, 0) is 77.9 Å². The molecule has 2 aromatic carbocycles. The molecule has 0 bridgehead atoms. The largest absolute Gasteiger partial charge is 0.492 e. The third-order valence-corrected chi connectivity index (χ3v) is 7.38. The van der Waals surface area contributed by atoms with Gasteiger partial charge in [0.05, 0.1) is 23.4 Å². The number of carbonyl (C=O) groups is 2. The van der Waals surface area contributed by atoms with Gasteiger partial charge in [-0.1, -0.05) is 31.2 Å². The number of hydrogen-bond donors (Lipinski definition) is 2. The quantitative estimate of drug-likeness (QED) is 0.394. The molecule has 0 spiro atoms. The third kappa shape index (κ3) is 4.74. The van der Waals surface area contributed by atoms with Gasteiger partial charge in [0.2, 0.25) is 0 Å². The lowest BCUT2D eigenvalue weighted by Crippen LogP contribution is -2.20. The lowest BCUT2D eigenvalue weighted by atomic mass is 9.88. The van der Waals surface area contributed by atoms with Crippen LogP contribution in [0.3, 0.4) is 0 Å². The van der Waals surface area contributed by atoms with Crippen molar-refractivity contribution in [2.45, 2.75) is 33.1 Å². The van der Waals surface area contributed by atoms with Crippen molar-refractivity contribution in [1.82, 2.24) is 0 Å². The highest BCUT2D eigenvalue weighted by molar-refractivity contribution is 9.10. The minimum Gasteiger partial charge on any atom is -0.492 e. The average Bonchev–Trinajstić information content (AvgIpc) is 3.12. The Bertz CT molecular complexity index is 1160. The number of rotatable bonds is 6. The molecule has 1 aliphatic rings. The highest BCUT2D eigenvalue weighted by Gasteiger charge is 2.29. The Morgan fingerprint density at radius 3 is 2.62 bits per heavy atom. The van der Waals surface area contributed by atoms with Crippen molar-refractivity contribution in [3.8, 4) is 5.75 Å². The summed E-state index contributed by atoms with van der Waals surface area (Å²) in [6.07, 6.45) is 2.77. The lowest BCUT2D eigenvalue weighted by Gasteiger charge is -2.19. The Morgan fingerprint density at radius 2 is 1.84 bits per heavy atom. The molecule has 1 aliphatic carbocycles. The number of amides is 2. The number of benzene rings is 2. The molecule has 7 heteroatoms. The summed E-state index contributed by atoms with van der Waals surface area (Å²) >= 11 is 4.95. The number of thiophene rings is 1. The highest BCUT2D eigenvalue weighted by atomic mass is 79.9. The molecule has 5 nitrogen and oxygen atoms in total. The fraction of sp³-hybridized carbons (Fsp3) is 0.280. The van der Waals surface area contributed by atoms with Gasteiger partial charge in [-0.3, -0.25) is 9.59 Å². The summed E-state index contributed by atoms with van der Waals surface area (Å²) in [6.45, 7) is 4.64. The summed E-state index contributed by atoms with van der Waals surface area (Å²) in [4.78, 5) is 27.6. The smallest absolute Gasteiger partial charge is 0.259 e. The topological polar surface area (TPSA) is 67.4 Å². The maximum Gasteiger partial charge on any atom is 0.259 e. The number of carbonyl (C=O) groups excluding carboxylic acids is 2. The van der Waals surface area contributed by atoms with E-state index in [-0.39, 0.29) is 11.8 Å². The number of nitrogens with one attached hydrogen (secondary N) is 2. The summed E-state index contributed by atoms with van der Waals surface area (Å²) < 4.78 is 6.37. The van der Waals surface area contributed by atoms with Crippen molar-refractivity contribution < 1.29 is 14.3 Å². The zero-order valence-corrected chi connectivity index (χ0v) is 20.4. The van der Waals surface area contributed by atoms with Gasteiger partial charge >= 0.3 is 0 Å². The molecule has 3 aromatic rings. The van der Waals surface area contributed by atoms with Crippen molar-refractivity contribution in [1.29, 1.82) is 0 Å². The number of fused-ring (bicyclic) bond motifs is 1. The standard InChI is InChI=1S/C25H25BrN2O3S/c1-3-31-20-11-7-6-10-19(20)27-24(30)22-17-13-12-15(2)14-21(17)32-25(22)28-23(29)16-8-4-5-9-18(16)26/h4-11,15H,3,12-14H2,1-2H3,(H,27,30)(H,28,29)/t15-/m0/s1. The zero-order valence-electron chi connectivity index (χ0n) is 18.0. The van der Waals surface area contributed by atoms with Crippen LogP contribution in [0.15, 0.2) is 53.0 Å². The number of ether oxygens (including phenoxy) is 1. The Hall–Kier alpha value is -2.64. The maximum absolute atomic E-state index is 13.5. The molecule has 32 heavy (non-hydrogen) atoms. The van der Waals surface area contributed by atoms with Crippen LogP contribution < -0.4 is 15.4 Å². The first-order chi connectivity index (χ1) is 15.5. The van der Waals surface area contributed by atoms with Crippen LogP contribution in [0.25, 0.3) is 0 Å². The fourth-order valence-corrected chi connectivity index (χ4v) is 5.80. The van der Waals surface area contributed by atoms with E-state index in [0.717, 1.165) is 24.8 Å². The normalized spacial score (nSPS) is 15.0. The van der Waals surface area contributed by atoms with Crippen LogP contribution in [0.1, 0.15) is 51.4 Å². The van der Waals surface area contributed by atoms with Gasteiger partial charge in [0.15, 0.2) is 0 Å². The summed E-state index contributed by atoms with van der Waals surface area (Å²) in [5, 5.41) is 6.60. The van der Waals surface area contributed by atoms with Crippen molar-refractivity contribution in [3.63, 3.8) is 0 Å². The second-order valence-electron chi connectivity index (χ2n) is 7.87. The summed E-state index contributed by atoms with van der Waals surface area (Å²) in [7, 11) is 0. The molecule has 1 atom stereocenters. The summed E-state index contributed by atoms with van der Waals surface area (Å²) in [5.74, 6) is 0.710. The molecule has 4 rings (SSSR count). The number of para-hydroxylation sites is 2. The molecule has 1 heterocycles.